The minimum atomic E-state index is -0.675. The molecule has 5 rings (SSSR count). The Balaban J connectivity index is 1.14. The Hall–Kier alpha value is -3.62. The van der Waals surface area contributed by atoms with Gasteiger partial charge in [-0.2, -0.15) is 0 Å². The van der Waals surface area contributed by atoms with Crippen LogP contribution in [0.3, 0.4) is 0 Å². The van der Waals surface area contributed by atoms with Gasteiger partial charge in [0.05, 0.1) is 7.11 Å². The lowest BCUT2D eigenvalue weighted by Gasteiger charge is -2.42. The zero-order valence-corrected chi connectivity index (χ0v) is 19.8. The van der Waals surface area contributed by atoms with E-state index in [0.717, 1.165) is 23.4 Å². The summed E-state index contributed by atoms with van der Waals surface area (Å²) in [6, 6.07) is 11.8. The second-order valence-electron chi connectivity index (χ2n) is 9.63. The molecule has 4 heterocycles. The number of likely N-dealkylation sites (tertiary alicyclic amines) is 1. The number of nitrogens with one attached hydrogen (secondary N) is 1. The van der Waals surface area contributed by atoms with Crippen LogP contribution in [0.2, 0.25) is 0 Å². The summed E-state index contributed by atoms with van der Waals surface area (Å²) in [6.45, 7) is 2.12. The van der Waals surface area contributed by atoms with Crippen molar-refractivity contribution in [2.45, 2.75) is 44.2 Å². The first-order chi connectivity index (χ1) is 16.9. The molecule has 0 spiro atoms. The standard InChI is InChI=1S/C26H30N4O5/c1-35-20-7-5-17(6-8-20)11-12-29-25(33)21(27-26(29)34)9-10-23(31)28-14-18-13-19(16-28)22-3-2-4-24(32)30(22)15-18/h2-8,18-19,21H,9-16H2,1H3,(H,27,34)/t18-,19+,21-/m1/s1. The SMILES string of the molecule is COc1ccc(CCN2C(=O)N[C@H](CCC(=O)N3C[C@H]4C[C@@H](C3)c3cccc(=O)n3C4)C2=O)cc1. The topological polar surface area (TPSA) is 101 Å². The van der Waals surface area contributed by atoms with Gasteiger partial charge in [-0.15, -0.1) is 0 Å². The van der Waals surface area contributed by atoms with E-state index in [2.05, 4.69) is 5.32 Å². The van der Waals surface area contributed by atoms with Crippen molar-refractivity contribution < 1.29 is 19.1 Å². The summed E-state index contributed by atoms with van der Waals surface area (Å²) in [7, 11) is 1.60. The number of carbonyl (C=O) groups excluding carboxylic acids is 3. The van der Waals surface area contributed by atoms with E-state index in [0.29, 0.717) is 26.1 Å². The molecule has 2 bridgehead atoms. The second-order valence-corrected chi connectivity index (χ2v) is 9.63. The van der Waals surface area contributed by atoms with Crippen LogP contribution in [-0.2, 0) is 22.6 Å². The number of fused-ring (bicyclic) bond motifs is 4. The molecule has 1 aromatic carbocycles. The molecular formula is C26H30N4O5. The van der Waals surface area contributed by atoms with Crippen molar-refractivity contribution in [2.24, 2.45) is 5.92 Å². The first-order valence-corrected chi connectivity index (χ1v) is 12.1. The predicted molar refractivity (Wildman–Crippen MR) is 128 cm³/mol. The molecule has 9 heteroatoms. The summed E-state index contributed by atoms with van der Waals surface area (Å²) in [6.07, 6.45) is 2.01. The number of nitrogens with zero attached hydrogens (tertiary/aromatic N) is 3. The average Bonchev–Trinajstić information content (AvgIpc) is 3.14. The van der Waals surface area contributed by atoms with Crippen LogP contribution in [0.25, 0.3) is 0 Å². The highest BCUT2D eigenvalue weighted by atomic mass is 16.5. The van der Waals surface area contributed by atoms with E-state index in [1.165, 1.54) is 4.90 Å². The third-order valence-electron chi connectivity index (χ3n) is 7.37. The lowest BCUT2D eigenvalue weighted by Crippen LogP contribution is -2.49. The third kappa shape index (κ3) is 4.67. The fraction of sp³-hybridized carbons (Fsp3) is 0.462. The maximum Gasteiger partial charge on any atom is 0.324 e. The van der Waals surface area contributed by atoms with Crippen molar-refractivity contribution in [1.29, 1.82) is 0 Å². The Labute approximate surface area is 203 Å². The number of carbonyl (C=O) groups is 3. The van der Waals surface area contributed by atoms with Gasteiger partial charge in [0.25, 0.3) is 11.5 Å². The van der Waals surface area contributed by atoms with Crippen LogP contribution < -0.4 is 15.6 Å². The normalized spacial score (nSPS) is 23.2. The van der Waals surface area contributed by atoms with Gasteiger partial charge in [-0.3, -0.25) is 19.3 Å². The lowest BCUT2D eigenvalue weighted by molar-refractivity contribution is -0.134. The molecule has 2 fully saturated rings. The smallest absolute Gasteiger partial charge is 0.324 e. The van der Waals surface area contributed by atoms with Crippen molar-refractivity contribution in [1.82, 2.24) is 19.7 Å². The van der Waals surface area contributed by atoms with E-state index >= 15 is 0 Å². The minimum Gasteiger partial charge on any atom is -0.497 e. The molecule has 3 aliphatic rings. The number of hydrogen-bond acceptors (Lipinski definition) is 5. The highest BCUT2D eigenvalue weighted by molar-refractivity contribution is 6.04. The first-order valence-electron chi connectivity index (χ1n) is 12.1. The maximum absolute atomic E-state index is 13.0. The van der Waals surface area contributed by atoms with Crippen LogP contribution in [0.1, 0.15) is 36.4 Å². The molecule has 1 aromatic heterocycles. The van der Waals surface area contributed by atoms with Crippen LogP contribution in [0, 0.1) is 5.92 Å². The number of aromatic nitrogens is 1. The van der Waals surface area contributed by atoms with Gasteiger partial charge in [0.15, 0.2) is 0 Å². The highest BCUT2D eigenvalue weighted by Gasteiger charge is 2.39. The molecule has 4 amide bonds. The van der Waals surface area contributed by atoms with Crippen molar-refractivity contribution >= 4 is 17.8 Å². The van der Waals surface area contributed by atoms with Gasteiger partial charge in [-0.1, -0.05) is 18.2 Å². The van der Waals surface area contributed by atoms with Crippen molar-refractivity contribution in [3.8, 4) is 5.75 Å². The summed E-state index contributed by atoms with van der Waals surface area (Å²) >= 11 is 0. The Morgan fingerprint density at radius 3 is 2.63 bits per heavy atom. The summed E-state index contributed by atoms with van der Waals surface area (Å²) < 4.78 is 6.99. The number of piperidine rings is 1. The number of urea groups is 1. The number of pyridine rings is 1. The molecule has 3 atom stereocenters. The van der Waals surface area contributed by atoms with E-state index < -0.39 is 12.1 Å². The number of hydrogen-bond donors (Lipinski definition) is 1. The molecule has 184 valence electrons. The first kappa shape index (κ1) is 23.1. The second kappa shape index (κ2) is 9.56. The van der Waals surface area contributed by atoms with E-state index in [9.17, 15) is 19.2 Å². The summed E-state index contributed by atoms with van der Waals surface area (Å²) in [4.78, 5) is 53.5. The molecule has 3 aliphatic heterocycles. The fourth-order valence-electron chi connectivity index (χ4n) is 5.54. The highest BCUT2D eigenvalue weighted by Crippen LogP contribution is 2.35. The molecule has 2 saturated heterocycles. The Morgan fingerprint density at radius 1 is 1.06 bits per heavy atom. The average molecular weight is 479 g/mol. The Bertz CT molecular complexity index is 1190. The van der Waals surface area contributed by atoms with Crippen molar-refractivity contribution in [3.63, 3.8) is 0 Å². The van der Waals surface area contributed by atoms with Crippen LogP contribution in [-0.4, -0.2) is 65.0 Å². The van der Waals surface area contributed by atoms with Crippen LogP contribution in [0.15, 0.2) is 47.3 Å². The van der Waals surface area contributed by atoms with Crippen LogP contribution in [0.5, 0.6) is 5.75 Å². The number of amides is 4. The molecule has 2 aromatic rings. The van der Waals surface area contributed by atoms with E-state index in [1.807, 2.05) is 39.8 Å². The van der Waals surface area contributed by atoms with Gasteiger partial charge >= 0.3 is 6.03 Å². The number of imide groups is 1. The van der Waals surface area contributed by atoms with E-state index in [1.54, 1.807) is 19.2 Å². The van der Waals surface area contributed by atoms with Gasteiger partial charge in [-0.05, 0) is 48.9 Å². The maximum atomic E-state index is 13.0. The van der Waals surface area contributed by atoms with Crippen LogP contribution in [0.4, 0.5) is 4.79 Å². The quantitative estimate of drug-likeness (QED) is 0.611. The lowest BCUT2D eigenvalue weighted by atomic mass is 9.83. The van der Waals surface area contributed by atoms with E-state index in [4.69, 9.17) is 4.74 Å². The third-order valence-corrected chi connectivity index (χ3v) is 7.37. The Kier molecular flexibility index (Phi) is 6.32. The van der Waals surface area contributed by atoms with Gasteiger partial charge < -0.3 is 19.5 Å². The summed E-state index contributed by atoms with van der Waals surface area (Å²) in [5.74, 6) is 0.877. The molecule has 0 aliphatic carbocycles. The van der Waals surface area contributed by atoms with Crippen LogP contribution >= 0.6 is 0 Å². The number of methoxy groups -OCH3 is 1. The predicted octanol–water partition coefficient (Wildman–Crippen LogP) is 1.75. The molecule has 0 unspecified atom stereocenters. The molecule has 0 radical (unpaired) electrons. The molecule has 9 nitrogen and oxygen atoms in total. The van der Waals surface area contributed by atoms with Gasteiger partial charge in [0.1, 0.15) is 11.8 Å². The minimum absolute atomic E-state index is 0.00911. The van der Waals surface area contributed by atoms with Crippen molar-refractivity contribution in [3.05, 3.63) is 64.1 Å². The summed E-state index contributed by atoms with van der Waals surface area (Å²) in [5.41, 5.74) is 2.02. The molecule has 1 N–H and O–H groups in total. The number of benzene rings is 1. The largest absolute Gasteiger partial charge is 0.497 e. The number of rotatable bonds is 7. The zero-order chi connectivity index (χ0) is 24.5. The molecule has 0 saturated carbocycles. The Morgan fingerprint density at radius 2 is 1.86 bits per heavy atom. The van der Waals surface area contributed by atoms with Gasteiger partial charge in [-0.25, -0.2) is 4.79 Å². The summed E-state index contributed by atoms with van der Waals surface area (Å²) in [5, 5.41) is 2.73. The molecule has 35 heavy (non-hydrogen) atoms. The van der Waals surface area contributed by atoms with E-state index in [-0.39, 0.29) is 48.6 Å². The molecular weight excluding hydrogens is 448 g/mol. The van der Waals surface area contributed by atoms with Crippen molar-refractivity contribution in [2.75, 3.05) is 26.7 Å². The number of ether oxygens (including phenoxy) is 1. The zero-order valence-electron chi connectivity index (χ0n) is 19.8. The fourth-order valence-corrected chi connectivity index (χ4v) is 5.54. The van der Waals surface area contributed by atoms with Gasteiger partial charge in [0.2, 0.25) is 5.91 Å². The monoisotopic (exact) mass is 478 g/mol. The van der Waals surface area contributed by atoms with Gasteiger partial charge in [0, 0.05) is 50.3 Å².